The zero-order valence-corrected chi connectivity index (χ0v) is 18.5. The Hall–Kier alpha value is -1.02. The van der Waals surface area contributed by atoms with E-state index in [-0.39, 0.29) is 24.0 Å². The van der Waals surface area contributed by atoms with E-state index in [0.29, 0.717) is 6.04 Å². The molecule has 0 bridgehead atoms. The maximum Gasteiger partial charge on any atom is 0.191 e. The van der Waals surface area contributed by atoms with Crippen molar-refractivity contribution in [1.82, 2.24) is 15.5 Å². The van der Waals surface area contributed by atoms with Crippen LogP contribution in [-0.2, 0) is 0 Å². The Labute approximate surface area is 175 Å². The lowest BCUT2D eigenvalue weighted by Gasteiger charge is -2.36. The smallest absolute Gasteiger partial charge is 0.191 e. The Balaban J connectivity index is 0.00000243. The molecule has 0 spiro atoms. The number of para-hydroxylation sites is 1. The first-order valence-corrected chi connectivity index (χ1v) is 9.70. The first kappa shape index (κ1) is 21.3. The molecule has 26 heavy (non-hydrogen) atoms. The number of halogens is 1. The van der Waals surface area contributed by atoms with Crippen LogP contribution in [0.15, 0.2) is 35.3 Å². The third kappa shape index (κ3) is 6.30. The second-order valence-electron chi connectivity index (χ2n) is 7.49. The van der Waals surface area contributed by atoms with Crippen molar-refractivity contribution in [3.8, 4) is 0 Å². The second kappa shape index (κ2) is 11.0. The summed E-state index contributed by atoms with van der Waals surface area (Å²) in [5, 5.41) is 7.20. The SMILES string of the molecule is CN=C(NCC1CCCN(C)C1)NC1CCCN(c2ccccc2)C1.I. The topological polar surface area (TPSA) is 42.9 Å². The molecule has 2 aliphatic heterocycles. The summed E-state index contributed by atoms with van der Waals surface area (Å²) >= 11 is 0. The van der Waals surface area contributed by atoms with Gasteiger partial charge in [0.2, 0.25) is 0 Å². The van der Waals surface area contributed by atoms with E-state index in [1.165, 1.54) is 44.5 Å². The summed E-state index contributed by atoms with van der Waals surface area (Å²) in [6, 6.07) is 11.2. The Morgan fingerprint density at radius 2 is 1.88 bits per heavy atom. The second-order valence-corrected chi connectivity index (χ2v) is 7.49. The molecule has 146 valence electrons. The van der Waals surface area contributed by atoms with Gasteiger partial charge in [-0.2, -0.15) is 0 Å². The van der Waals surface area contributed by atoms with E-state index in [1.54, 1.807) is 0 Å². The van der Waals surface area contributed by atoms with E-state index in [4.69, 9.17) is 0 Å². The number of likely N-dealkylation sites (tertiary alicyclic amines) is 1. The van der Waals surface area contributed by atoms with Crippen molar-refractivity contribution in [3.63, 3.8) is 0 Å². The van der Waals surface area contributed by atoms with Gasteiger partial charge in [0.05, 0.1) is 0 Å². The first-order valence-electron chi connectivity index (χ1n) is 9.70. The third-order valence-corrected chi connectivity index (χ3v) is 5.39. The number of benzene rings is 1. The normalized spacial score (nSPS) is 24.7. The van der Waals surface area contributed by atoms with Crippen LogP contribution in [0.3, 0.4) is 0 Å². The molecule has 0 saturated carbocycles. The molecule has 2 atom stereocenters. The molecule has 6 heteroatoms. The van der Waals surface area contributed by atoms with Crippen molar-refractivity contribution in [2.45, 2.75) is 31.7 Å². The molecule has 2 unspecified atom stereocenters. The van der Waals surface area contributed by atoms with Crippen molar-refractivity contribution in [3.05, 3.63) is 30.3 Å². The number of piperidine rings is 2. The third-order valence-electron chi connectivity index (χ3n) is 5.39. The van der Waals surface area contributed by atoms with Crippen molar-refractivity contribution in [1.29, 1.82) is 0 Å². The molecule has 0 aromatic heterocycles. The zero-order chi connectivity index (χ0) is 17.5. The van der Waals surface area contributed by atoms with Crippen molar-refractivity contribution < 1.29 is 0 Å². The lowest BCUT2D eigenvalue weighted by Crippen LogP contribution is -2.52. The summed E-state index contributed by atoms with van der Waals surface area (Å²) < 4.78 is 0. The molecule has 3 rings (SSSR count). The standard InChI is InChI=1S/C20H33N5.HI/c1-21-20(22-14-17-8-6-12-24(2)15-17)23-18-9-7-13-25(16-18)19-10-4-3-5-11-19;/h3-5,10-11,17-18H,6-9,12-16H2,1-2H3,(H2,21,22,23);1H. The number of anilines is 1. The highest BCUT2D eigenvalue weighted by Gasteiger charge is 2.22. The van der Waals surface area contributed by atoms with E-state index in [9.17, 15) is 0 Å². The zero-order valence-electron chi connectivity index (χ0n) is 16.2. The van der Waals surface area contributed by atoms with Crippen molar-refractivity contribution >= 4 is 35.6 Å². The number of guanidine groups is 1. The summed E-state index contributed by atoms with van der Waals surface area (Å²) in [7, 11) is 4.10. The largest absolute Gasteiger partial charge is 0.369 e. The number of nitrogens with one attached hydrogen (secondary N) is 2. The molecule has 2 fully saturated rings. The fraction of sp³-hybridized carbons (Fsp3) is 0.650. The van der Waals surface area contributed by atoms with Gasteiger partial charge in [0.15, 0.2) is 5.96 Å². The van der Waals surface area contributed by atoms with Gasteiger partial charge in [-0.25, -0.2) is 0 Å². The molecule has 0 aliphatic carbocycles. The monoisotopic (exact) mass is 471 g/mol. The van der Waals surface area contributed by atoms with Gasteiger partial charge in [-0.05, 0) is 57.3 Å². The van der Waals surface area contributed by atoms with Gasteiger partial charge < -0.3 is 20.4 Å². The highest BCUT2D eigenvalue weighted by Crippen LogP contribution is 2.19. The van der Waals surface area contributed by atoms with Crippen LogP contribution in [0.25, 0.3) is 0 Å². The summed E-state index contributed by atoms with van der Waals surface area (Å²) in [6.07, 6.45) is 5.05. The number of rotatable bonds is 4. The molecule has 1 aromatic carbocycles. The molecule has 1 aromatic rings. The molecular formula is C20H34IN5. The first-order chi connectivity index (χ1) is 12.2. The van der Waals surface area contributed by atoms with Crippen molar-refractivity contribution in [2.24, 2.45) is 10.9 Å². The van der Waals surface area contributed by atoms with Crippen LogP contribution in [0, 0.1) is 5.92 Å². The van der Waals surface area contributed by atoms with Crippen LogP contribution in [0.4, 0.5) is 5.69 Å². The van der Waals surface area contributed by atoms with Crippen LogP contribution in [0.1, 0.15) is 25.7 Å². The molecule has 2 aliphatic rings. The predicted octanol–water partition coefficient (Wildman–Crippen LogP) is 2.78. The van der Waals surface area contributed by atoms with Gasteiger partial charge >= 0.3 is 0 Å². The van der Waals surface area contributed by atoms with Crippen LogP contribution in [-0.4, -0.2) is 63.7 Å². The maximum atomic E-state index is 4.45. The average Bonchev–Trinajstić information content (AvgIpc) is 2.66. The van der Waals surface area contributed by atoms with Crippen LogP contribution in [0.5, 0.6) is 0 Å². The minimum absolute atomic E-state index is 0. The van der Waals surface area contributed by atoms with E-state index < -0.39 is 0 Å². The van der Waals surface area contributed by atoms with Gasteiger partial charge in [0.1, 0.15) is 0 Å². The Bertz CT molecular complexity index is 550. The summed E-state index contributed by atoms with van der Waals surface area (Å²) in [6.45, 7) is 5.62. The molecular weight excluding hydrogens is 437 g/mol. The van der Waals surface area contributed by atoms with Gasteiger partial charge in [0, 0.05) is 45.0 Å². The van der Waals surface area contributed by atoms with Crippen LogP contribution >= 0.6 is 24.0 Å². The maximum absolute atomic E-state index is 4.45. The average molecular weight is 471 g/mol. The lowest BCUT2D eigenvalue weighted by molar-refractivity contribution is 0.210. The highest BCUT2D eigenvalue weighted by atomic mass is 127. The van der Waals surface area contributed by atoms with E-state index >= 15 is 0 Å². The number of nitrogens with zero attached hydrogens (tertiary/aromatic N) is 3. The van der Waals surface area contributed by atoms with Gasteiger partial charge in [-0.1, -0.05) is 18.2 Å². The molecule has 0 radical (unpaired) electrons. The van der Waals surface area contributed by atoms with Gasteiger partial charge in [0.25, 0.3) is 0 Å². The lowest BCUT2D eigenvalue weighted by atomic mass is 9.98. The summed E-state index contributed by atoms with van der Waals surface area (Å²) in [4.78, 5) is 9.36. The highest BCUT2D eigenvalue weighted by molar-refractivity contribution is 14.0. The number of aliphatic imine (C=N–C) groups is 1. The summed E-state index contributed by atoms with van der Waals surface area (Å²) in [5.41, 5.74) is 1.32. The Kier molecular flexibility index (Phi) is 8.98. The minimum atomic E-state index is 0. The van der Waals surface area contributed by atoms with Crippen LogP contribution in [0.2, 0.25) is 0 Å². The minimum Gasteiger partial charge on any atom is -0.369 e. The number of hydrogen-bond acceptors (Lipinski definition) is 3. The molecule has 0 amide bonds. The molecule has 5 nitrogen and oxygen atoms in total. The van der Waals surface area contributed by atoms with Crippen LogP contribution < -0.4 is 15.5 Å². The van der Waals surface area contributed by atoms with E-state index in [2.05, 4.69) is 62.8 Å². The molecule has 2 N–H and O–H groups in total. The van der Waals surface area contributed by atoms with E-state index in [0.717, 1.165) is 31.5 Å². The fourth-order valence-electron chi connectivity index (χ4n) is 4.04. The van der Waals surface area contributed by atoms with Gasteiger partial charge in [-0.3, -0.25) is 4.99 Å². The van der Waals surface area contributed by atoms with Gasteiger partial charge in [-0.15, -0.1) is 24.0 Å². The van der Waals surface area contributed by atoms with Crippen molar-refractivity contribution in [2.75, 3.05) is 51.7 Å². The predicted molar refractivity (Wildman–Crippen MR) is 122 cm³/mol. The molecule has 2 heterocycles. The quantitative estimate of drug-likeness (QED) is 0.403. The van der Waals surface area contributed by atoms with E-state index in [1.807, 2.05) is 7.05 Å². The summed E-state index contributed by atoms with van der Waals surface area (Å²) in [5.74, 6) is 1.68. The Morgan fingerprint density at radius 3 is 2.62 bits per heavy atom. The fourth-order valence-corrected chi connectivity index (χ4v) is 4.04. The molecule has 2 saturated heterocycles. The number of hydrogen-bond donors (Lipinski definition) is 2. The Morgan fingerprint density at radius 1 is 1.12 bits per heavy atom.